The SMILES string of the molecule is C[C@@H]1CC[C@H]2C(COCCSSCCOCC3=C(C(F)(F)F)O[C@@H]4O[C@]5(C)CCC6[C@H](C)CC[C@@H]3[C@]64OO5)=C(C(F)(F)F)O[C@@H]3O[C@]4(C)CCC1[C@]32OO4. The molecule has 0 amide bonds. The predicted molar refractivity (Wildman–Crippen MR) is 180 cm³/mol. The van der Waals surface area contributed by atoms with Gasteiger partial charge in [-0.25, -0.2) is 19.6 Å². The Bertz CT molecular complexity index is 1390. The van der Waals surface area contributed by atoms with Crippen molar-refractivity contribution >= 4 is 21.6 Å². The van der Waals surface area contributed by atoms with E-state index in [4.69, 9.17) is 48.0 Å². The monoisotopic (exact) mass is 818 g/mol. The minimum Gasteiger partial charge on any atom is -0.456 e. The van der Waals surface area contributed by atoms with Gasteiger partial charge in [-0.1, -0.05) is 35.4 Å². The van der Waals surface area contributed by atoms with Crippen LogP contribution in [0.15, 0.2) is 22.7 Å². The van der Waals surface area contributed by atoms with E-state index >= 15 is 0 Å². The van der Waals surface area contributed by atoms with Crippen LogP contribution in [0.1, 0.15) is 79.1 Å². The predicted octanol–water partition coefficient (Wildman–Crippen LogP) is 8.53. The minimum absolute atomic E-state index is 0.0119. The van der Waals surface area contributed by atoms with Gasteiger partial charge in [-0.2, -0.15) is 26.3 Å². The topological polar surface area (TPSA) is 92.3 Å². The molecular formula is C36H48F6O10S2. The molecule has 10 aliphatic rings. The fourth-order valence-corrected chi connectivity index (χ4v) is 12.2. The van der Waals surface area contributed by atoms with Crippen LogP contribution >= 0.6 is 21.6 Å². The Morgan fingerprint density at radius 2 is 1.02 bits per heavy atom. The molecule has 54 heavy (non-hydrogen) atoms. The van der Waals surface area contributed by atoms with Gasteiger partial charge >= 0.3 is 12.4 Å². The van der Waals surface area contributed by atoms with Crippen LogP contribution in [0.2, 0.25) is 0 Å². The van der Waals surface area contributed by atoms with Crippen molar-refractivity contribution in [2.45, 2.75) is 127 Å². The van der Waals surface area contributed by atoms with Gasteiger partial charge in [0.2, 0.25) is 35.7 Å². The molecule has 4 bridgehead atoms. The Labute approximate surface area is 318 Å². The van der Waals surface area contributed by atoms with Gasteiger partial charge in [0, 0.05) is 59.2 Å². The van der Waals surface area contributed by atoms with E-state index < -0.39 is 71.1 Å². The van der Waals surface area contributed by atoms with Gasteiger partial charge in [0.05, 0.1) is 26.4 Å². The number of ether oxygens (including phenoxy) is 6. The van der Waals surface area contributed by atoms with E-state index in [-0.39, 0.29) is 61.2 Å². The highest BCUT2D eigenvalue weighted by Crippen LogP contribution is 2.63. The molecule has 306 valence electrons. The van der Waals surface area contributed by atoms with Crippen LogP contribution in [0.25, 0.3) is 0 Å². The fraction of sp³-hybridized carbons (Fsp3) is 0.889. The normalized spacial score (nSPS) is 44.3. The molecule has 2 aliphatic carbocycles. The van der Waals surface area contributed by atoms with Crippen LogP contribution in [0.4, 0.5) is 26.3 Å². The molecule has 0 radical (unpaired) electrons. The summed E-state index contributed by atoms with van der Waals surface area (Å²) in [7, 11) is 2.87. The molecule has 6 saturated heterocycles. The van der Waals surface area contributed by atoms with Gasteiger partial charge in [-0.15, -0.1) is 0 Å². The fourth-order valence-electron chi connectivity index (χ4n) is 10.5. The molecule has 10 rings (SSSR count). The largest absolute Gasteiger partial charge is 0.456 e. The third kappa shape index (κ3) is 6.71. The maximum absolute atomic E-state index is 14.4. The molecule has 2 saturated carbocycles. The molecule has 10 nitrogen and oxygen atoms in total. The smallest absolute Gasteiger partial charge is 0.449 e. The summed E-state index contributed by atoms with van der Waals surface area (Å²) in [6.45, 7) is 7.23. The second-order valence-electron chi connectivity index (χ2n) is 16.4. The summed E-state index contributed by atoms with van der Waals surface area (Å²) < 4.78 is 121. The highest BCUT2D eigenvalue weighted by Gasteiger charge is 2.72. The van der Waals surface area contributed by atoms with Crippen LogP contribution in [-0.2, 0) is 48.0 Å². The van der Waals surface area contributed by atoms with Crippen LogP contribution in [0.5, 0.6) is 0 Å². The average Bonchev–Trinajstić information content (AvgIpc) is 3.48. The van der Waals surface area contributed by atoms with E-state index in [1.807, 2.05) is 0 Å². The Kier molecular flexibility index (Phi) is 10.6. The molecule has 0 aromatic heterocycles. The second kappa shape index (κ2) is 14.4. The standard InChI is InChI=1S/C36H48F6O10S2/c1-19-5-7-25-21(27(35(37,38)39)45-29-33(25)23(19)9-11-31(3,47-29)49-51-33)17-43-13-15-53-54-16-14-44-18-22-26-8-6-20(2)24-10-12-32(4)48-30(34(24,26)52-50-32)46-28(22)36(40,41)42/h19-20,23-26,29-30H,5-18H2,1-4H3/t19-,20-,23?,24?,25+,26+,29-,30-,31+,32+,33-,34-/m1/s1. The van der Waals surface area contributed by atoms with Crippen molar-refractivity contribution in [2.24, 2.45) is 35.5 Å². The zero-order chi connectivity index (χ0) is 38.3. The Balaban J connectivity index is 0.847. The molecular weight excluding hydrogens is 771 g/mol. The molecule has 18 heteroatoms. The van der Waals surface area contributed by atoms with Crippen LogP contribution in [0, 0.1) is 35.5 Å². The molecule has 0 aromatic carbocycles. The lowest BCUT2D eigenvalue weighted by Gasteiger charge is -2.57. The molecule has 8 aliphatic heterocycles. The van der Waals surface area contributed by atoms with Crippen LogP contribution in [0.3, 0.4) is 0 Å². The number of rotatable bonds is 11. The number of halogens is 6. The van der Waals surface area contributed by atoms with E-state index in [0.29, 0.717) is 50.0 Å². The maximum atomic E-state index is 14.4. The lowest BCUT2D eigenvalue weighted by molar-refractivity contribution is -0.558. The van der Waals surface area contributed by atoms with Gasteiger partial charge in [-0.05, 0) is 64.2 Å². The third-order valence-corrected chi connectivity index (χ3v) is 15.4. The Morgan fingerprint density at radius 1 is 0.611 bits per heavy atom. The average molecular weight is 819 g/mol. The molecule has 8 heterocycles. The zero-order valence-corrected chi connectivity index (χ0v) is 32.3. The lowest BCUT2D eigenvalue weighted by Crippen LogP contribution is -2.67. The number of allylic oxidation sites excluding steroid dienone is 2. The first kappa shape index (κ1) is 39.8. The first-order valence-electron chi connectivity index (χ1n) is 18.9. The van der Waals surface area contributed by atoms with E-state index in [0.717, 1.165) is 12.8 Å². The summed E-state index contributed by atoms with van der Waals surface area (Å²) in [6, 6.07) is 0. The zero-order valence-electron chi connectivity index (χ0n) is 30.7. The van der Waals surface area contributed by atoms with Gasteiger partial charge < -0.3 is 28.4 Å². The van der Waals surface area contributed by atoms with Crippen molar-refractivity contribution in [2.75, 3.05) is 37.9 Å². The first-order chi connectivity index (χ1) is 25.5. The van der Waals surface area contributed by atoms with Crippen molar-refractivity contribution in [1.29, 1.82) is 0 Å². The van der Waals surface area contributed by atoms with Gasteiger partial charge in [0.1, 0.15) is 0 Å². The summed E-state index contributed by atoms with van der Waals surface area (Å²) in [5.74, 6) is -4.80. The number of alkyl halides is 6. The third-order valence-electron chi connectivity index (χ3n) is 13.0. The summed E-state index contributed by atoms with van der Waals surface area (Å²) >= 11 is 0. The summed E-state index contributed by atoms with van der Waals surface area (Å²) in [4.78, 5) is 23.4. The molecule has 12 atom stereocenters. The molecule has 0 aromatic rings. The van der Waals surface area contributed by atoms with Crippen molar-refractivity contribution in [3.05, 3.63) is 22.7 Å². The number of fused-ring (bicyclic) bond motifs is 4. The van der Waals surface area contributed by atoms with Gasteiger partial charge in [0.25, 0.3) is 0 Å². The number of hydrogen-bond donors (Lipinski definition) is 0. The Morgan fingerprint density at radius 3 is 1.41 bits per heavy atom. The molecule has 2 unspecified atom stereocenters. The molecule has 0 N–H and O–H groups in total. The lowest BCUT2D eigenvalue weighted by atomic mass is 9.59. The van der Waals surface area contributed by atoms with Crippen LogP contribution in [-0.4, -0.2) is 85.6 Å². The molecule has 2 spiro atoms. The molecule has 8 fully saturated rings. The van der Waals surface area contributed by atoms with Crippen molar-refractivity contribution in [1.82, 2.24) is 0 Å². The van der Waals surface area contributed by atoms with Gasteiger partial charge in [0.15, 0.2) is 11.2 Å². The highest BCUT2D eigenvalue weighted by molar-refractivity contribution is 8.76. The van der Waals surface area contributed by atoms with E-state index in [1.165, 1.54) is 21.6 Å². The summed E-state index contributed by atoms with van der Waals surface area (Å²) in [5.41, 5.74) is -2.38. The van der Waals surface area contributed by atoms with Crippen LogP contribution < -0.4 is 0 Å². The van der Waals surface area contributed by atoms with Crippen molar-refractivity contribution in [3.8, 4) is 0 Å². The summed E-state index contributed by atoms with van der Waals surface area (Å²) in [6.07, 6.45) is -7.33. The summed E-state index contributed by atoms with van der Waals surface area (Å²) in [5, 5.41) is 0. The van der Waals surface area contributed by atoms with E-state index in [9.17, 15) is 26.3 Å². The number of hydrogen-bond acceptors (Lipinski definition) is 12. The highest BCUT2D eigenvalue weighted by atomic mass is 33.1. The Hall–Kier alpha value is -0.960. The quantitative estimate of drug-likeness (QED) is 0.0867. The minimum atomic E-state index is -4.75. The maximum Gasteiger partial charge on any atom is 0.449 e. The first-order valence-corrected chi connectivity index (χ1v) is 21.4. The van der Waals surface area contributed by atoms with E-state index in [2.05, 4.69) is 13.8 Å². The van der Waals surface area contributed by atoms with Crippen molar-refractivity contribution < 1.29 is 74.3 Å². The van der Waals surface area contributed by atoms with Gasteiger partial charge in [-0.3, -0.25) is 0 Å². The second-order valence-corrected chi connectivity index (χ2v) is 19.1. The van der Waals surface area contributed by atoms with E-state index in [1.54, 1.807) is 13.8 Å². The van der Waals surface area contributed by atoms with Crippen molar-refractivity contribution in [3.63, 3.8) is 0 Å².